The summed E-state index contributed by atoms with van der Waals surface area (Å²) in [4.78, 5) is 10.9. The molecule has 0 heterocycles. The molecular formula is C8H7ClO2S. The molecule has 12 heavy (non-hydrogen) atoms. The summed E-state index contributed by atoms with van der Waals surface area (Å²) in [5.41, 5.74) is 0.422. The van der Waals surface area contributed by atoms with Gasteiger partial charge in [-0.2, -0.15) is 0 Å². The molecule has 64 valence electrons. The first-order chi connectivity index (χ1) is 5.65. The van der Waals surface area contributed by atoms with Crippen LogP contribution in [-0.4, -0.2) is 12.2 Å². The minimum absolute atomic E-state index is 0.330. The van der Waals surface area contributed by atoms with Gasteiger partial charge in [0.2, 0.25) is 5.12 Å². The van der Waals surface area contributed by atoms with Crippen LogP contribution in [0, 0.1) is 0 Å². The quantitative estimate of drug-likeness (QED) is 0.746. The summed E-state index contributed by atoms with van der Waals surface area (Å²) in [5, 5.41) is 0.203. The van der Waals surface area contributed by atoms with Crippen molar-refractivity contribution in [1.82, 2.24) is 0 Å². The molecule has 0 unspecified atom stereocenters. The first-order valence-corrected chi connectivity index (χ1v) is 4.04. The van der Waals surface area contributed by atoms with Gasteiger partial charge in [-0.25, -0.2) is 0 Å². The zero-order valence-corrected chi connectivity index (χ0v) is 8.02. The lowest BCUT2D eigenvalue weighted by atomic mass is 10.2. The SMILES string of the molecule is COc1cc(Cl)ccc1C(=O)S. The predicted molar refractivity (Wildman–Crippen MR) is 51.3 cm³/mol. The molecule has 2 nitrogen and oxygen atoms in total. The molecule has 0 spiro atoms. The summed E-state index contributed by atoms with van der Waals surface area (Å²) in [5.74, 6) is 0.447. The molecule has 0 bridgehead atoms. The topological polar surface area (TPSA) is 26.3 Å². The van der Waals surface area contributed by atoms with Gasteiger partial charge in [-0.05, 0) is 18.2 Å². The van der Waals surface area contributed by atoms with Gasteiger partial charge in [-0.3, -0.25) is 4.79 Å². The summed E-state index contributed by atoms with van der Waals surface area (Å²) < 4.78 is 4.93. The van der Waals surface area contributed by atoms with Gasteiger partial charge >= 0.3 is 0 Å². The van der Waals surface area contributed by atoms with Gasteiger partial charge in [-0.15, -0.1) is 12.6 Å². The van der Waals surface area contributed by atoms with E-state index in [-0.39, 0.29) is 5.12 Å². The standard InChI is InChI=1S/C8H7ClO2S/c1-11-7-4-5(9)2-3-6(7)8(10)12/h2-4H,1H3,(H,10,12). The van der Waals surface area contributed by atoms with Crippen LogP contribution in [0.5, 0.6) is 5.75 Å². The predicted octanol–water partition coefficient (Wildman–Crippen LogP) is 2.42. The van der Waals surface area contributed by atoms with Crippen LogP contribution in [0.1, 0.15) is 10.4 Å². The molecule has 0 saturated heterocycles. The molecule has 0 fully saturated rings. The molecule has 0 atom stereocenters. The van der Waals surface area contributed by atoms with Gasteiger partial charge in [0, 0.05) is 5.02 Å². The Bertz CT molecular complexity index is 312. The Morgan fingerprint density at radius 2 is 2.25 bits per heavy atom. The van der Waals surface area contributed by atoms with Crippen LogP contribution in [0.25, 0.3) is 0 Å². The highest BCUT2D eigenvalue weighted by Gasteiger charge is 2.07. The maximum atomic E-state index is 10.9. The largest absolute Gasteiger partial charge is 0.496 e. The van der Waals surface area contributed by atoms with Gasteiger partial charge < -0.3 is 4.74 Å². The number of benzene rings is 1. The number of thiol groups is 1. The molecule has 0 amide bonds. The van der Waals surface area contributed by atoms with E-state index in [9.17, 15) is 4.79 Å². The van der Waals surface area contributed by atoms with Crippen LogP contribution in [0.3, 0.4) is 0 Å². The van der Waals surface area contributed by atoms with Gasteiger partial charge in [0.25, 0.3) is 0 Å². The molecule has 0 aliphatic rings. The van der Waals surface area contributed by atoms with E-state index in [1.54, 1.807) is 18.2 Å². The van der Waals surface area contributed by atoms with Crippen molar-refractivity contribution >= 4 is 29.3 Å². The van der Waals surface area contributed by atoms with Gasteiger partial charge in [0.1, 0.15) is 5.75 Å². The summed E-state index contributed by atoms with van der Waals surface area (Å²) in [6.07, 6.45) is 0. The number of halogens is 1. The molecule has 0 N–H and O–H groups in total. The lowest BCUT2D eigenvalue weighted by Gasteiger charge is -2.04. The molecule has 1 rings (SSSR count). The van der Waals surface area contributed by atoms with Crippen molar-refractivity contribution < 1.29 is 9.53 Å². The fourth-order valence-corrected chi connectivity index (χ4v) is 1.19. The fraction of sp³-hybridized carbons (Fsp3) is 0.125. The molecule has 0 aliphatic heterocycles. The van der Waals surface area contributed by atoms with Crippen LogP contribution in [0.2, 0.25) is 5.02 Å². The maximum absolute atomic E-state index is 10.9. The first kappa shape index (κ1) is 9.42. The van der Waals surface area contributed by atoms with Crippen molar-refractivity contribution in [2.45, 2.75) is 0 Å². The Morgan fingerprint density at radius 1 is 1.58 bits per heavy atom. The molecule has 1 aromatic carbocycles. The zero-order valence-electron chi connectivity index (χ0n) is 6.37. The summed E-state index contributed by atoms with van der Waals surface area (Å²) in [6.45, 7) is 0. The van der Waals surface area contributed by atoms with Gasteiger partial charge in [0.05, 0.1) is 12.7 Å². The molecule has 0 aliphatic carbocycles. The number of rotatable bonds is 2. The van der Waals surface area contributed by atoms with E-state index in [2.05, 4.69) is 12.6 Å². The maximum Gasteiger partial charge on any atom is 0.220 e. The van der Waals surface area contributed by atoms with Crippen molar-refractivity contribution in [2.75, 3.05) is 7.11 Å². The van der Waals surface area contributed by atoms with Crippen molar-refractivity contribution in [3.63, 3.8) is 0 Å². The fourth-order valence-electron chi connectivity index (χ4n) is 0.842. The Labute approximate surface area is 80.9 Å². The monoisotopic (exact) mass is 202 g/mol. The summed E-state index contributed by atoms with van der Waals surface area (Å²) >= 11 is 9.37. The number of methoxy groups -OCH3 is 1. The van der Waals surface area contributed by atoms with E-state index in [0.717, 1.165) is 0 Å². The van der Waals surface area contributed by atoms with Crippen LogP contribution in [0.15, 0.2) is 18.2 Å². The van der Waals surface area contributed by atoms with E-state index >= 15 is 0 Å². The number of hydrogen-bond donors (Lipinski definition) is 1. The molecule has 4 heteroatoms. The number of hydrogen-bond acceptors (Lipinski definition) is 2. The lowest BCUT2D eigenvalue weighted by Crippen LogP contribution is -1.94. The van der Waals surface area contributed by atoms with Crippen LogP contribution in [-0.2, 0) is 0 Å². The van der Waals surface area contributed by atoms with Crippen molar-refractivity contribution in [3.8, 4) is 5.75 Å². The average molecular weight is 203 g/mol. The van der Waals surface area contributed by atoms with Gasteiger partial charge in [-0.1, -0.05) is 11.6 Å². The highest BCUT2D eigenvalue weighted by Crippen LogP contribution is 2.23. The zero-order chi connectivity index (χ0) is 9.14. The molecule has 0 aromatic heterocycles. The third kappa shape index (κ3) is 1.93. The number of ether oxygens (including phenoxy) is 1. The van der Waals surface area contributed by atoms with Crippen LogP contribution < -0.4 is 4.74 Å². The van der Waals surface area contributed by atoms with E-state index in [1.165, 1.54) is 7.11 Å². The second-order valence-corrected chi connectivity index (χ2v) is 2.99. The number of carbonyl (C=O) groups excluding carboxylic acids is 1. The normalized spacial score (nSPS) is 9.58. The van der Waals surface area contributed by atoms with E-state index in [1.807, 2.05) is 0 Å². The van der Waals surface area contributed by atoms with E-state index < -0.39 is 0 Å². The van der Waals surface area contributed by atoms with Crippen LogP contribution >= 0.6 is 24.2 Å². The van der Waals surface area contributed by atoms with E-state index in [0.29, 0.717) is 16.3 Å². The Kier molecular flexibility index (Phi) is 3.00. The van der Waals surface area contributed by atoms with Gasteiger partial charge in [0.15, 0.2) is 0 Å². The highest BCUT2D eigenvalue weighted by molar-refractivity contribution is 7.97. The minimum atomic E-state index is -0.330. The summed E-state index contributed by atoms with van der Waals surface area (Å²) in [6, 6.07) is 4.77. The lowest BCUT2D eigenvalue weighted by molar-refractivity contribution is 0.108. The molecular weight excluding hydrogens is 196 g/mol. The average Bonchev–Trinajstić information content (AvgIpc) is 2.03. The second kappa shape index (κ2) is 3.83. The number of carbonyl (C=O) groups is 1. The van der Waals surface area contributed by atoms with E-state index in [4.69, 9.17) is 16.3 Å². The Hall–Kier alpha value is -0.670. The third-order valence-electron chi connectivity index (χ3n) is 1.39. The third-order valence-corrected chi connectivity index (χ3v) is 1.87. The first-order valence-electron chi connectivity index (χ1n) is 3.22. The summed E-state index contributed by atoms with van der Waals surface area (Å²) in [7, 11) is 1.48. The van der Waals surface area contributed by atoms with Crippen molar-refractivity contribution in [1.29, 1.82) is 0 Å². The Balaban J connectivity index is 3.20. The second-order valence-electron chi connectivity index (χ2n) is 2.15. The molecule has 1 aromatic rings. The van der Waals surface area contributed by atoms with Crippen LogP contribution in [0.4, 0.5) is 0 Å². The highest BCUT2D eigenvalue weighted by atomic mass is 35.5. The minimum Gasteiger partial charge on any atom is -0.496 e. The van der Waals surface area contributed by atoms with Crippen molar-refractivity contribution in [3.05, 3.63) is 28.8 Å². The molecule has 0 radical (unpaired) electrons. The molecule has 0 saturated carbocycles. The van der Waals surface area contributed by atoms with Crippen molar-refractivity contribution in [2.24, 2.45) is 0 Å². The Morgan fingerprint density at radius 3 is 2.75 bits per heavy atom. The smallest absolute Gasteiger partial charge is 0.220 e.